The molecule has 0 aromatic heterocycles. The van der Waals surface area contributed by atoms with Crippen molar-refractivity contribution >= 4 is 39.1 Å². The average molecular weight is 321 g/mol. The molecule has 1 unspecified atom stereocenters. The van der Waals surface area contributed by atoms with E-state index in [0.717, 1.165) is 10.2 Å². The third kappa shape index (κ3) is 5.06. The van der Waals surface area contributed by atoms with Crippen LogP contribution in [0.15, 0.2) is 22.7 Å². The minimum atomic E-state index is -0.0249. The number of amides is 1. The first-order valence-electron chi connectivity index (χ1n) is 5.30. The highest BCUT2D eigenvalue weighted by molar-refractivity contribution is 9.10. The standard InChI is InChI=1S/C12H15BrClNO2/c1-8(17-2)3-6-12(16)15-9-4-5-11(14)10(13)7-9/h4-5,7-8H,3,6H2,1-2H3,(H,15,16). The number of hydrogen-bond acceptors (Lipinski definition) is 2. The van der Waals surface area contributed by atoms with Crippen LogP contribution >= 0.6 is 27.5 Å². The number of halogens is 2. The Hall–Kier alpha value is -0.580. The van der Waals surface area contributed by atoms with Gasteiger partial charge in [0.1, 0.15) is 0 Å². The smallest absolute Gasteiger partial charge is 0.224 e. The fourth-order valence-electron chi connectivity index (χ4n) is 1.25. The van der Waals surface area contributed by atoms with Crippen molar-refractivity contribution in [3.8, 4) is 0 Å². The molecule has 0 spiro atoms. The van der Waals surface area contributed by atoms with Gasteiger partial charge in [-0.2, -0.15) is 0 Å². The molecule has 0 saturated heterocycles. The van der Waals surface area contributed by atoms with E-state index in [1.807, 2.05) is 6.92 Å². The van der Waals surface area contributed by atoms with Crippen molar-refractivity contribution in [1.82, 2.24) is 0 Å². The van der Waals surface area contributed by atoms with Crippen LogP contribution in [0, 0.1) is 0 Å². The van der Waals surface area contributed by atoms with E-state index < -0.39 is 0 Å². The van der Waals surface area contributed by atoms with Gasteiger partial charge < -0.3 is 10.1 Å². The maximum Gasteiger partial charge on any atom is 0.224 e. The first-order valence-corrected chi connectivity index (χ1v) is 6.47. The summed E-state index contributed by atoms with van der Waals surface area (Å²) in [5, 5.41) is 3.43. The summed E-state index contributed by atoms with van der Waals surface area (Å²) in [6, 6.07) is 5.28. The lowest BCUT2D eigenvalue weighted by Crippen LogP contribution is -2.15. The zero-order chi connectivity index (χ0) is 12.8. The topological polar surface area (TPSA) is 38.3 Å². The summed E-state index contributed by atoms with van der Waals surface area (Å²) in [6.45, 7) is 1.94. The summed E-state index contributed by atoms with van der Waals surface area (Å²) >= 11 is 9.17. The van der Waals surface area contributed by atoms with E-state index in [9.17, 15) is 4.79 Å². The Balaban J connectivity index is 2.48. The number of anilines is 1. The van der Waals surface area contributed by atoms with E-state index in [4.69, 9.17) is 16.3 Å². The lowest BCUT2D eigenvalue weighted by Gasteiger charge is -2.09. The molecule has 0 bridgehead atoms. The monoisotopic (exact) mass is 319 g/mol. The lowest BCUT2D eigenvalue weighted by atomic mass is 10.2. The molecule has 1 aromatic carbocycles. The SMILES string of the molecule is COC(C)CCC(=O)Nc1ccc(Cl)c(Br)c1. The van der Waals surface area contributed by atoms with Crippen molar-refractivity contribution < 1.29 is 9.53 Å². The zero-order valence-electron chi connectivity index (χ0n) is 9.80. The second kappa shape index (κ2) is 6.99. The van der Waals surface area contributed by atoms with Crippen molar-refractivity contribution in [2.45, 2.75) is 25.9 Å². The van der Waals surface area contributed by atoms with Crippen molar-refractivity contribution in [2.75, 3.05) is 12.4 Å². The summed E-state index contributed by atoms with van der Waals surface area (Å²) in [5.41, 5.74) is 0.733. The van der Waals surface area contributed by atoms with Crippen LogP contribution in [0.2, 0.25) is 5.02 Å². The first kappa shape index (κ1) is 14.5. The fraction of sp³-hybridized carbons (Fsp3) is 0.417. The minimum absolute atomic E-state index is 0.0249. The van der Waals surface area contributed by atoms with Crippen LogP contribution in [0.4, 0.5) is 5.69 Å². The summed E-state index contributed by atoms with van der Waals surface area (Å²) in [6.07, 6.45) is 1.24. The van der Waals surface area contributed by atoms with E-state index in [1.165, 1.54) is 0 Å². The molecular formula is C12H15BrClNO2. The van der Waals surface area contributed by atoms with Gasteiger partial charge in [-0.15, -0.1) is 0 Å². The number of nitrogens with one attached hydrogen (secondary N) is 1. The normalized spacial score (nSPS) is 12.2. The van der Waals surface area contributed by atoms with Crippen LogP contribution < -0.4 is 5.32 Å². The molecule has 1 amide bonds. The van der Waals surface area contributed by atoms with Crippen LogP contribution in [0.5, 0.6) is 0 Å². The fourth-order valence-corrected chi connectivity index (χ4v) is 1.75. The molecule has 0 fully saturated rings. The largest absolute Gasteiger partial charge is 0.382 e. The maximum absolute atomic E-state index is 11.6. The van der Waals surface area contributed by atoms with E-state index in [1.54, 1.807) is 25.3 Å². The van der Waals surface area contributed by atoms with Gasteiger partial charge in [0.25, 0.3) is 0 Å². The van der Waals surface area contributed by atoms with Gasteiger partial charge in [-0.1, -0.05) is 11.6 Å². The van der Waals surface area contributed by atoms with E-state index in [-0.39, 0.29) is 12.0 Å². The molecule has 0 heterocycles. The molecule has 3 nitrogen and oxygen atoms in total. The highest BCUT2D eigenvalue weighted by Crippen LogP contribution is 2.25. The van der Waals surface area contributed by atoms with Gasteiger partial charge in [0.05, 0.1) is 11.1 Å². The van der Waals surface area contributed by atoms with Gasteiger partial charge in [-0.25, -0.2) is 0 Å². The molecule has 0 radical (unpaired) electrons. The number of carbonyl (C=O) groups is 1. The maximum atomic E-state index is 11.6. The number of methoxy groups -OCH3 is 1. The molecule has 0 saturated carbocycles. The predicted molar refractivity (Wildman–Crippen MR) is 73.5 cm³/mol. The number of rotatable bonds is 5. The van der Waals surface area contributed by atoms with Crippen LogP contribution in [0.25, 0.3) is 0 Å². The Morgan fingerprint density at radius 3 is 2.88 bits per heavy atom. The third-order valence-corrected chi connectivity index (χ3v) is 3.60. The van der Waals surface area contributed by atoms with Gasteiger partial charge in [0, 0.05) is 23.7 Å². The molecule has 94 valence electrons. The van der Waals surface area contributed by atoms with Gasteiger partial charge in [-0.3, -0.25) is 4.79 Å². The van der Waals surface area contributed by atoms with Crippen molar-refractivity contribution in [1.29, 1.82) is 0 Å². The lowest BCUT2D eigenvalue weighted by molar-refractivity contribution is -0.116. The molecule has 0 aliphatic rings. The van der Waals surface area contributed by atoms with Crippen molar-refractivity contribution in [3.05, 3.63) is 27.7 Å². The summed E-state index contributed by atoms with van der Waals surface area (Å²) in [7, 11) is 1.64. The highest BCUT2D eigenvalue weighted by Gasteiger charge is 2.07. The summed E-state index contributed by atoms with van der Waals surface area (Å²) in [4.78, 5) is 11.6. The number of ether oxygens (including phenoxy) is 1. The summed E-state index contributed by atoms with van der Waals surface area (Å²) in [5.74, 6) is -0.0249. The molecular weight excluding hydrogens is 305 g/mol. The van der Waals surface area contributed by atoms with E-state index >= 15 is 0 Å². The Kier molecular flexibility index (Phi) is 5.95. The number of carbonyl (C=O) groups excluding carboxylic acids is 1. The van der Waals surface area contributed by atoms with Crippen molar-refractivity contribution in [3.63, 3.8) is 0 Å². The highest BCUT2D eigenvalue weighted by atomic mass is 79.9. The number of hydrogen-bond donors (Lipinski definition) is 1. The molecule has 1 aromatic rings. The molecule has 17 heavy (non-hydrogen) atoms. The molecule has 5 heteroatoms. The van der Waals surface area contributed by atoms with Crippen LogP contribution in [-0.2, 0) is 9.53 Å². The molecule has 1 rings (SSSR count). The molecule has 0 aliphatic carbocycles. The second-order valence-electron chi connectivity index (χ2n) is 3.76. The quantitative estimate of drug-likeness (QED) is 0.894. The predicted octanol–water partition coefficient (Wildman–Crippen LogP) is 3.86. The van der Waals surface area contributed by atoms with Crippen LogP contribution in [0.1, 0.15) is 19.8 Å². The van der Waals surface area contributed by atoms with Gasteiger partial charge >= 0.3 is 0 Å². The minimum Gasteiger partial charge on any atom is -0.382 e. The molecule has 1 atom stereocenters. The Labute approximate surface area is 115 Å². The van der Waals surface area contributed by atoms with E-state index in [0.29, 0.717) is 17.9 Å². The van der Waals surface area contributed by atoms with Crippen LogP contribution in [-0.4, -0.2) is 19.1 Å². The Bertz CT molecular complexity index is 398. The first-order chi connectivity index (χ1) is 8.02. The molecule has 0 aliphatic heterocycles. The van der Waals surface area contributed by atoms with Gasteiger partial charge in [-0.05, 0) is 47.5 Å². The average Bonchev–Trinajstić information content (AvgIpc) is 2.31. The molecule has 1 N–H and O–H groups in total. The van der Waals surface area contributed by atoms with Gasteiger partial charge in [0.15, 0.2) is 0 Å². The zero-order valence-corrected chi connectivity index (χ0v) is 12.1. The van der Waals surface area contributed by atoms with Gasteiger partial charge in [0.2, 0.25) is 5.91 Å². The van der Waals surface area contributed by atoms with Crippen LogP contribution in [0.3, 0.4) is 0 Å². The van der Waals surface area contributed by atoms with E-state index in [2.05, 4.69) is 21.2 Å². The Morgan fingerprint density at radius 1 is 1.59 bits per heavy atom. The van der Waals surface area contributed by atoms with Crippen molar-refractivity contribution in [2.24, 2.45) is 0 Å². The summed E-state index contributed by atoms with van der Waals surface area (Å²) < 4.78 is 5.85. The number of benzene rings is 1. The Morgan fingerprint density at radius 2 is 2.29 bits per heavy atom. The third-order valence-electron chi connectivity index (χ3n) is 2.38. The second-order valence-corrected chi connectivity index (χ2v) is 5.02.